The van der Waals surface area contributed by atoms with Crippen molar-refractivity contribution in [2.75, 3.05) is 6.54 Å². The fourth-order valence-electron chi connectivity index (χ4n) is 0.648. The van der Waals surface area contributed by atoms with Gasteiger partial charge in [0, 0.05) is 0 Å². The maximum atomic E-state index is 4.18. The summed E-state index contributed by atoms with van der Waals surface area (Å²) in [7, 11) is 0. The van der Waals surface area contributed by atoms with Crippen LogP contribution in [0.25, 0.3) is 0 Å². The smallest absolute Gasteiger partial charge is 0.0732 e. The van der Waals surface area contributed by atoms with Crippen LogP contribution in [0.1, 0.15) is 48.0 Å². The highest BCUT2D eigenvalue weighted by Crippen LogP contribution is 2.18. The monoisotopic (exact) mass is 170 g/mol. The molecule has 0 aliphatic carbocycles. The molecule has 2 heteroatoms. The molecule has 0 aromatic rings. The molecular weight excluding hydrogens is 148 g/mol. The topological polar surface area (TPSA) is 24.7 Å². The molecule has 0 spiro atoms. The van der Waals surface area contributed by atoms with Gasteiger partial charge in [0.15, 0.2) is 0 Å². The van der Waals surface area contributed by atoms with Gasteiger partial charge in [-0.25, -0.2) is 0 Å². The molecule has 0 aliphatic rings. The standard InChI is InChI=1S/C10H22N2/c1-9(2,3)7-8-11-12-10(4,5)6/h7-8H2,1-6H3/b12-11-. The van der Waals surface area contributed by atoms with Gasteiger partial charge in [0.1, 0.15) is 0 Å². The van der Waals surface area contributed by atoms with Crippen LogP contribution < -0.4 is 0 Å². The van der Waals surface area contributed by atoms with E-state index >= 15 is 0 Å². The SMILES string of the molecule is CC(C)(C)CC/N=N\C(C)(C)C. The molecule has 0 atom stereocenters. The Labute approximate surface area is 76.5 Å². The quantitative estimate of drug-likeness (QED) is 0.565. The first-order chi connectivity index (χ1) is 5.21. The Balaban J connectivity index is 3.64. The molecule has 0 unspecified atom stereocenters. The van der Waals surface area contributed by atoms with Crippen molar-refractivity contribution in [3.8, 4) is 0 Å². The number of nitrogens with zero attached hydrogens (tertiary/aromatic N) is 2. The average Bonchev–Trinajstić information content (AvgIpc) is 1.76. The lowest BCUT2D eigenvalue weighted by molar-refractivity contribution is 0.378. The highest BCUT2D eigenvalue weighted by molar-refractivity contribution is 4.68. The molecule has 0 rings (SSSR count). The summed E-state index contributed by atoms with van der Waals surface area (Å²) in [4.78, 5) is 0. The lowest BCUT2D eigenvalue weighted by Gasteiger charge is -2.16. The van der Waals surface area contributed by atoms with Crippen molar-refractivity contribution in [3.63, 3.8) is 0 Å². The third-order valence-corrected chi connectivity index (χ3v) is 1.33. The summed E-state index contributed by atoms with van der Waals surface area (Å²) in [6.07, 6.45) is 1.10. The minimum absolute atomic E-state index is 0.0160. The average molecular weight is 170 g/mol. The molecule has 12 heavy (non-hydrogen) atoms. The van der Waals surface area contributed by atoms with Crippen molar-refractivity contribution in [1.29, 1.82) is 0 Å². The molecule has 0 aromatic carbocycles. The molecule has 0 saturated carbocycles. The molecule has 72 valence electrons. The number of hydrogen-bond acceptors (Lipinski definition) is 2. The van der Waals surface area contributed by atoms with E-state index in [1.54, 1.807) is 0 Å². The normalized spacial score (nSPS) is 14.2. The molecular formula is C10H22N2. The van der Waals surface area contributed by atoms with E-state index < -0.39 is 0 Å². The zero-order valence-corrected chi connectivity index (χ0v) is 9.31. The maximum Gasteiger partial charge on any atom is 0.0732 e. The molecule has 0 bridgehead atoms. The van der Waals surface area contributed by atoms with E-state index in [1.165, 1.54) is 0 Å². The van der Waals surface area contributed by atoms with E-state index in [9.17, 15) is 0 Å². The summed E-state index contributed by atoms with van der Waals surface area (Å²) in [5.74, 6) is 0. The summed E-state index contributed by atoms with van der Waals surface area (Å²) < 4.78 is 0. The molecule has 0 radical (unpaired) electrons. The van der Waals surface area contributed by atoms with Crippen LogP contribution in [0.4, 0.5) is 0 Å². The molecule has 0 aliphatic heterocycles. The van der Waals surface area contributed by atoms with E-state index in [0.29, 0.717) is 5.41 Å². The second kappa shape index (κ2) is 4.01. The van der Waals surface area contributed by atoms with Crippen LogP contribution in [0.5, 0.6) is 0 Å². The first-order valence-corrected chi connectivity index (χ1v) is 4.59. The van der Waals surface area contributed by atoms with Gasteiger partial charge >= 0.3 is 0 Å². The van der Waals surface area contributed by atoms with Crippen molar-refractivity contribution in [2.45, 2.75) is 53.5 Å². The molecule has 0 fully saturated rings. The highest BCUT2D eigenvalue weighted by Gasteiger charge is 2.10. The van der Waals surface area contributed by atoms with Crippen LogP contribution in [-0.2, 0) is 0 Å². The van der Waals surface area contributed by atoms with E-state index in [2.05, 4.69) is 51.8 Å². The Morgan fingerprint density at radius 2 is 1.42 bits per heavy atom. The maximum absolute atomic E-state index is 4.18. The summed E-state index contributed by atoms with van der Waals surface area (Å²) in [6.45, 7) is 13.7. The van der Waals surface area contributed by atoms with Crippen LogP contribution in [-0.4, -0.2) is 12.1 Å². The van der Waals surface area contributed by atoms with Crippen LogP contribution in [0, 0.1) is 5.41 Å². The van der Waals surface area contributed by atoms with Gasteiger partial charge < -0.3 is 0 Å². The minimum Gasteiger partial charge on any atom is -0.194 e. The lowest BCUT2D eigenvalue weighted by Crippen LogP contribution is -2.10. The van der Waals surface area contributed by atoms with E-state index in [0.717, 1.165) is 13.0 Å². The molecule has 0 heterocycles. The first kappa shape index (κ1) is 11.6. The fourth-order valence-corrected chi connectivity index (χ4v) is 0.648. The lowest BCUT2D eigenvalue weighted by atomic mass is 9.93. The fraction of sp³-hybridized carbons (Fsp3) is 1.00. The van der Waals surface area contributed by atoms with Gasteiger partial charge in [-0.1, -0.05) is 20.8 Å². The van der Waals surface area contributed by atoms with E-state index in [4.69, 9.17) is 0 Å². The molecule has 2 nitrogen and oxygen atoms in total. The van der Waals surface area contributed by atoms with Crippen LogP contribution in [0.2, 0.25) is 0 Å². The largest absolute Gasteiger partial charge is 0.194 e. The van der Waals surface area contributed by atoms with Gasteiger partial charge in [0.05, 0.1) is 12.1 Å². The van der Waals surface area contributed by atoms with Crippen molar-refractivity contribution in [3.05, 3.63) is 0 Å². The van der Waals surface area contributed by atoms with Crippen molar-refractivity contribution >= 4 is 0 Å². The molecule has 0 saturated heterocycles. The van der Waals surface area contributed by atoms with E-state index in [1.807, 2.05) is 0 Å². The van der Waals surface area contributed by atoms with Gasteiger partial charge in [0.25, 0.3) is 0 Å². The van der Waals surface area contributed by atoms with Gasteiger partial charge in [-0.05, 0) is 32.6 Å². The van der Waals surface area contributed by atoms with Crippen molar-refractivity contribution in [1.82, 2.24) is 0 Å². The molecule has 0 amide bonds. The predicted molar refractivity (Wildman–Crippen MR) is 53.5 cm³/mol. The van der Waals surface area contributed by atoms with Gasteiger partial charge in [-0.3, -0.25) is 0 Å². The third kappa shape index (κ3) is 9.60. The van der Waals surface area contributed by atoms with Crippen LogP contribution >= 0.6 is 0 Å². The minimum atomic E-state index is -0.0160. The zero-order valence-electron chi connectivity index (χ0n) is 9.31. The summed E-state index contributed by atoms with van der Waals surface area (Å²) in [5, 5.41) is 8.34. The zero-order chi connectivity index (χ0) is 9.83. The van der Waals surface area contributed by atoms with Crippen LogP contribution in [0.15, 0.2) is 10.2 Å². The first-order valence-electron chi connectivity index (χ1n) is 4.59. The third-order valence-electron chi connectivity index (χ3n) is 1.33. The summed E-state index contributed by atoms with van der Waals surface area (Å²) in [6, 6.07) is 0. The Bertz CT molecular complexity index is 146. The van der Waals surface area contributed by atoms with Crippen LogP contribution in [0.3, 0.4) is 0 Å². The van der Waals surface area contributed by atoms with Crippen molar-refractivity contribution in [2.24, 2.45) is 15.6 Å². The van der Waals surface area contributed by atoms with Gasteiger partial charge in [-0.2, -0.15) is 10.2 Å². The number of hydrogen-bond donors (Lipinski definition) is 0. The number of rotatable bonds is 2. The van der Waals surface area contributed by atoms with Gasteiger partial charge in [0.2, 0.25) is 0 Å². The Hall–Kier alpha value is -0.400. The molecule has 0 aromatic heterocycles. The Morgan fingerprint density at radius 1 is 0.917 bits per heavy atom. The highest BCUT2D eigenvalue weighted by atomic mass is 15.1. The predicted octanol–water partition coefficient (Wildman–Crippen LogP) is 3.67. The van der Waals surface area contributed by atoms with Gasteiger partial charge in [-0.15, -0.1) is 0 Å². The number of azo groups is 1. The second-order valence-electron chi connectivity index (χ2n) is 5.45. The Morgan fingerprint density at radius 3 is 1.75 bits per heavy atom. The van der Waals surface area contributed by atoms with Crippen molar-refractivity contribution < 1.29 is 0 Å². The summed E-state index contributed by atoms with van der Waals surface area (Å²) >= 11 is 0. The van der Waals surface area contributed by atoms with E-state index in [-0.39, 0.29) is 5.54 Å². The second-order valence-corrected chi connectivity index (χ2v) is 5.45. The molecule has 0 N–H and O–H groups in total. The summed E-state index contributed by atoms with van der Waals surface area (Å²) in [5.41, 5.74) is 0.356. The Kier molecular flexibility index (Phi) is 3.88.